The van der Waals surface area contributed by atoms with Gasteiger partial charge in [0.2, 0.25) is 0 Å². The number of methoxy groups -OCH3 is 1. The number of carbonyl (C=O) groups excluding carboxylic acids is 1. The molecule has 0 fully saturated rings. The first-order valence-corrected chi connectivity index (χ1v) is 6.59. The molecule has 8 heteroatoms. The van der Waals surface area contributed by atoms with E-state index < -0.39 is 5.97 Å². The molecule has 0 saturated carbocycles. The highest BCUT2D eigenvalue weighted by atomic mass is 35.5. The van der Waals surface area contributed by atoms with E-state index in [0.717, 1.165) is 0 Å². The summed E-state index contributed by atoms with van der Waals surface area (Å²) in [5.41, 5.74) is 6.84. The summed E-state index contributed by atoms with van der Waals surface area (Å²) in [6.07, 6.45) is 1.60. The van der Waals surface area contributed by atoms with Gasteiger partial charge in [0.1, 0.15) is 6.33 Å². The van der Waals surface area contributed by atoms with Crippen molar-refractivity contribution in [3.63, 3.8) is 0 Å². The monoisotopic (exact) mass is 309 g/mol. The Kier molecular flexibility index (Phi) is 4.32. The molecule has 2 aromatic rings. The molecule has 0 aliphatic heterocycles. The largest absolute Gasteiger partial charge is 0.465 e. The van der Waals surface area contributed by atoms with Crippen LogP contribution in [0, 0.1) is 0 Å². The fraction of sp³-hybridized carbons (Fsp3) is 0.308. The first-order valence-electron chi connectivity index (χ1n) is 6.21. The van der Waals surface area contributed by atoms with Crippen LogP contribution in [0.3, 0.4) is 0 Å². The van der Waals surface area contributed by atoms with Gasteiger partial charge in [-0.1, -0.05) is 11.6 Å². The van der Waals surface area contributed by atoms with Gasteiger partial charge in [0.25, 0.3) is 0 Å². The number of aromatic nitrogens is 3. The molecule has 0 aliphatic rings. The van der Waals surface area contributed by atoms with Crippen molar-refractivity contribution in [2.24, 2.45) is 7.05 Å². The molecule has 0 saturated heterocycles. The predicted octanol–water partition coefficient (Wildman–Crippen LogP) is 2.01. The Hall–Kier alpha value is -2.28. The third-order valence-corrected chi connectivity index (χ3v) is 3.31. The van der Waals surface area contributed by atoms with Crippen LogP contribution in [-0.4, -0.2) is 27.8 Å². The standard InChI is InChI=1S/C13H16ClN5O2/c1-7(12-18-16-6-19(12)2)17-11-9(13(20)21-3)4-8(15)5-10(11)14/h4-7,17H,15H2,1-3H3. The van der Waals surface area contributed by atoms with E-state index in [2.05, 4.69) is 15.5 Å². The summed E-state index contributed by atoms with van der Waals surface area (Å²) in [4.78, 5) is 11.9. The number of hydrogen-bond donors (Lipinski definition) is 2. The lowest BCUT2D eigenvalue weighted by Gasteiger charge is -2.18. The van der Waals surface area contributed by atoms with Gasteiger partial charge in [-0.15, -0.1) is 10.2 Å². The molecular weight excluding hydrogens is 294 g/mol. The highest BCUT2D eigenvalue weighted by Crippen LogP contribution is 2.32. The lowest BCUT2D eigenvalue weighted by molar-refractivity contribution is 0.0602. The van der Waals surface area contributed by atoms with Crippen molar-refractivity contribution < 1.29 is 9.53 Å². The van der Waals surface area contributed by atoms with E-state index in [1.165, 1.54) is 13.2 Å². The molecule has 0 radical (unpaired) electrons. The normalized spacial score (nSPS) is 12.0. The Morgan fingerprint density at radius 1 is 1.52 bits per heavy atom. The number of carbonyl (C=O) groups is 1. The molecular formula is C13H16ClN5O2. The number of esters is 1. The zero-order valence-electron chi connectivity index (χ0n) is 11.9. The summed E-state index contributed by atoms with van der Waals surface area (Å²) >= 11 is 6.19. The van der Waals surface area contributed by atoms with Crippen LogP contribution in [-0.2, 0) is 11.8 Å². The minimum Gasteiger partial charge on any atom is -0.465 e. The molecule has 1 aromatic carbocycles. The molecule has 1 unspecified atom stereocenters. The minimum atomic E-state index is -0.517. The van der Waals surface area contributed by atoms with E-state index in [4.69, 9.17) is 22.1 Å². The lowest BCUT2D eigenvalue weighted by atomic mass is 10.1. The first-order chi connectivity index (χ1) is 9.93. The number of nitrogen functional groups attached to an aromatic ring is 1. The second kappa shape index (κ2) is 6.01. The molecule has 1 aromatic heterocycles. The van der Waals surface area contributed by atoms with E-state index >= 15 is 0 Å². The smallest absolute Gasteiger partial charge is 0.340 e. The van der Waals surface area contributed by atoms with Crippen molar-refractivity contribution in [2.75, 3.05) is 18.2 Å². The Balaban J connectivity index is 2.39. The summed E-state index contributed by atoms with van der Waals surface area (Å²) in [5, 5.41) is 11.3. The highest BCUT2D eigenvalue weighted by Gasteiger charge is 2.20. The lowest BCUT2D eigenvalue weighted by Crippen LogP contribution is -2.15. The summed E-state index contributed by atoms with van der Waals surface area (Å²) in [6, 6.07) is 2.88. The fourth-order valence-electron chi connectivity index (χ4n) is 2.01. The molecule has 1 heterocycles. The number of benzene rings is 1. The average Bonchev–Trinajstić information content (AvgIpc) is 2.86. The zero-order chi connectivity index (χ0) is 15.6. The van der Waals surface area contributed by atoms with Crippen LogP contribution in [0.25, 0.3) is 0 Å². The van der Waals surface area contributed by atoms with Crippen LogP contribution in [0.1, 0.15) is 29.1 Å². The SMILES string of the molecule is COC(=O)c1cc(N)cc(Cl)c1NC(C)c1nncn1C. The van der Waals surface area contributed by atoms with Gasteiger partial charge >= 0.3 is 5.97 Å². The second-order valence-electron chi connectivity index (χ2n) is 4.58. The number of aryl methyl sites for hydroxylation is 1. The molecule has 3 N–H and O–H groups in total. The number of nitrogens with zero attached hydrogens (tertiary/aromatic N) is 3. The summed E-state index contributed by atoms with van der Waals surface area (Å²) in [7, 11) is 3.13. The maximum atomic E-state index is 11.9. The number of nitrogens with one attached hydrogen (secondary N) is 1. The van der Waals surface area contributed by atoms with Gasteiger partial charge in [0, 0.05) is 12.7 Å². The predicted molar refractivity (Wildman–Crippen MR) is 80.2 cm³/mol. The Morgan fingerprint density at radius 3 is 2.81 bits per heavy atom. The zero-order valence-corrected chi connectivity index (χ0v) is 12.7. The topological polar surface area (TPSA) is 95.1 Å². The molecule has 0 amide bonds. The Labute approximate surface area is 127 Å². The second-order valence-corrected chi connectivity index (χ2v) is 4.99. The van der Waals surface area contributed by atoms with Crippen LogP contribution in [0.5, 0.6) is 0 Å². The summed E-state index contributed by atoms with van der Waals surface area (Å²) in [5.74, 6) is 0.190. The van der Waals surface area contributed by atoms with Gasteiger partial charge in [-0.3, -0.25) is 0 Å². The molecule has 0 spiro atoms. The number of hydrogen-bond acceptors (Lipinski definition) is 6. The number of rotatable bonds is 4. The van der Waals surface area contributed by atoms with Gasteiger partial charge in [0.05, 0.1) is 29.4 Å². The first kappa shape index (κ1) is 15.1. The average molecular weight is 310 g/mol. The van der Waals surface area contributed by atoms with E-state index in [1.54, 1.807) is 17.0 Å². The van der Waals surface area contributed by atoms with E-state index in [1.807, 2.05) is 14.0 Å². The molecule has 112 valence electrons. The van der Waals surface area contributed by atoms with E-state index in [0.29, 0.717) is 22.2 Å². The van der Waals surface area contributed by atoms with Gasteiger partial charge < -0.3 is 20.4 Å². The van der Waals surface area contributed by atoms with Crippen molar-refractivity contribution in [1.29, 1.82) is 0 Å². The van der Waals surface area contributed by atoms with Crippen molar-refractivity contribution in [2.45, 2.75) is 13.0 Å². The molecule has 0 bridgehead atoms. The number of ether oxygens (including phenoxy) is 1. The van der Waals surface area contributed by atoms with Crippen LogP contribution in [0.4, 0.5) is 11.4 Å². The van der Waals surface area contributed by atoms with Gasteiger partial charge in [0.15, 0.2) is 5.82 Å². The highest BCUT2D eigenvalue weighted by molar-refractivity contribution is 6.34. The van der Waals surface area contributed by atoms with Crippen LogP contribution in [0.15, 0.2) is 18.5 Å². The number of nitrogens with two attached hydrogens (primary N) is 1. The van der Waals surface area contributed by atoms with Gasteiger partial charge in [-0.25, -0.2) is 4.79 Å². The van der Waals surface area contributed by atoms with Crippen molar-refractivity contribution in [3.8, 4) is 0 Å². The van der Waals surface area contributed by atoms with Crippen LogP contribution in [0.2, 0.25) is 5.02 Å². The Morgan fingerprint density at radius 2 is 2.24 bits per heavy atom. The van der Waals surface area contributed by atoms with Crippen LogP contribution >= 0.6 is 11.6 Å². The summed E-state index contributed by atoms with van der Waals surface area (Å²) in [6.45, 7) is 1.89. The summed E-state index contributed by atoms with van der Waals surface area (Å²) < 4.78 is 6.54. The third-order valence-electron chi connectivity index (χ3n) is 3.01. The van der Waals surface area contributed by atoms with E-state index in [-0.39, 0.29) is 11.6 Å². The molecule has 0 aliphatic carbocycles. The minimum absolute atomic E-state index is 0.206. The molecule has 1 atom stereocenters. The molecule has 2 rings (SSSR count). The van der Waals surface area contributed by atoms with Gasteiger partial charge in [-0.2, -0.15) is 0 Å². The third kappa shape index (κ3) is 3.08. The maximum Gasteiger partial charge on any atom is 0.340 e. The molecule has 7 nitrogen and oxygen atoms in total. The Bertz CT molecular complexity index is 671. The fourth-order valence-corrected chi connectivity index (χ4v) is 2.29. The van der Waals surface area contributed by atoms with Crippen molar-refractivity contribution in [1.82, 2.24) is 14.8 Å². The quantitative estimate of drug-likeness (QED) is 0.662. The number of halogens is 1. The van der Waals surface area contributed by atoms with Crippen LogP contribution < -0.4 is 11.1 Å². The van der Waals surface area contributed by atoms with Gasteiger partial charge in [-0.05, 0) is 19.1 Å². The van der Waals surface area contributed by atoms with E-state index in [9.17, 15) is 4.79 Å². The number of anilines is 2. The maximum absolute atomic E-state index is 11.9. The van der Waals surface area contributed by atoms with Crippen molar-refractivity contribution in [3.05, 3.63) is 34.9 Å². The van der Waals surface area contributed by atoms with Crippen molar-refractivity contribution >= 4 is 28.9 Å². The molecule has 21 heavy (non-hydrogen) atoms.